The number of amides is 1. The molecule has 0 bridgehead atoms. The van der Waals surface area contributed by atoms with Crippen molar-refractivity contribution in [1.29, 1.82) is 0 Å². The summed E-state index contributed by atoms with van der Waals surface area (Å²) in [7, 11) is 1.93. The fourth-order valence-electron chi connectivity index (χ4n) is 4.73. The van der Waals surface area contributed by atoms with E-state index < -0.39 is 17.7 Å². The molecule has 8 heteroatoms. The Bertz CT molecular complexity index is 1120. The molecule has 2 aromatic carbocycles. The Morgan fingerprint density at radius 2 is 1.91 bits per heavy atom. The number of aliphatic hydroxyl groups is 1. The smallest absolute Gasteiger partial charge is 0.295 e. The van der Waals surface area contributed by atoms with Crippen LogP contribution in [0.1, 0.15) is 30.0 Å². The number of rotatable bonds is 4. The van der Waals surface area contributed by atoms with Crippen molar-refractivity contribution in [2.24, 2.45) is 0 Å². The predicted molar refractivity (Wildman–Crippen MR) is 121 cm³/mol. The predicted octanol–water partition coefficient (Wildman–Crippen LogP) is 2.82. The first-order valence-electron chi connectivity index (χ1n) is 11.1. The fraction of sp³-hybridized carbons (Fsp3) is 0.360. The number of hydrogen-bond donors (Lipinski definition) is 2. The van der Waals surface area contributed by atoms with Gasteiger partial charge in [0.05, 0.1) is 30.0 Å². The highest BCUT2D eigenvalue weighted by molar-refractivity contribution is 6.46. The number of likely N-dealkylation sites (N-methyl/N-ethyl adjacent to an activating group) is 1. The van der Waals surface area contributed by atoms with E-state index in [1.807, 2.05) is 11.9 Å². The van der Waals surface area contributed by atoms with Crippen molar-refractivity contribution in [3.63, 3.8) is 0 Å². The third-order valence-corrected chi connectivity index (χ3v) is 6.50. The van der Waals surface area contributed by atoms with Crippen molar-refractivity contribution in [3.8, 4) is 11.5 Å². The summed E-state index contributed by atoms with van der Waals surface area (Å²) in [5, 5.41) is 21.0. The van der Waals surface area contributed by atoms with Crippen molar-refractivity contribution in [2.75, 3.05) is 38.3 Å². The second-order valence-corrected chi connectivity index (χ2v) is 8.63. The van der Waals surface area contributed by atoms with Gasteiger partial charge in [-0.05, 0) is 48.7 Å². The average molecular weight is 450 g/mol. The molecule has 2 unspecified atom stereocenters. The molecule has 1 amide bonds. The highest BCUT2D eigenvalue weighted by Gasteiger charge is 2.47. The number of nitrogens with zero attached hydrogens (tertiary/aromatic N) is 2. The van der Waals surface area contributed by atoms with Crippen LogP contribution in [-0.4, -0.2) is 66.3 Å². The Balaban J connectivity index is 1.61. The Morgan fingerprint density at radius 3 is 2.64 bits per heavy atom. The number of ether oxygens (including phenoxy) is 2. The van der Waals surface area contributed by atoms with Gasteiger partial charge < -0.3 is 29.5 Å². The SMILES string of the molecule is CN1CCOc2ccc(/C(O)=C3/C(=O)C(=O)N(CC4CCCO4)C3c3ccc(O)cc3)cc21. The number of ketones is 1. The van der Waals surface area contributed by atoms with E-state index in [1.54, 1.807) is 30.3 Å². The number of benzene rings is 2. The van der Waals surface area contributed by atoms with Gasteiger partial charge in [-0.25, -0.2) is 0 Å². The number of hydrogen-bond acceptors (Lipinski definition) is 7. The number of aliphatic hydroxyl groups excluding tert-OH is 1. The maximum absolute atomic E-state index is 13.2. The topological polar surface area (TPSA) is 99.5 Å². The van der Waals surface area contributed by atoms with Gasteiger partial charge in [-0.1, -0.05) is 12.1 Å². The van der Waals surface area contributed by atoms with Gasteiger partial charge in [0.15, 0.2) is 0 Å². The number of aromatic hydroxyl groups is 1. The molecule has 2 atom stereocenters. The third-order valence-electron chi connectivity index (χ3n) is 6.50. The quantitative estimate of drug-likeness (QED) is 0.420. The van der Waals surface area contributed by atoms with E-state index in [-0.39, 0.29) is 29.7 Å². The van der Waals surface area contributed by atoms with Gasteiger partial charge in [0.2, 0.25) is 0 Å². The molecule has 5 rings (SSSR count). The maximum Gasteiger partial charge on any atom is 0.295 e. The Kier molecular flexibility index (Phi) is 5.46. The minimum absolute atomic E-state index is 0.0306. The van der Waals surface area contributed by atoms with E-state index >= 15 is 0 Å². The maximum atomic E-state index is 13.2. The molecule has 0 aliphatic carbocycles. The van der Waals surface area contributed by atoms with Crippen LogP contribution in [0, 0.1) is 0 Å². The molecular formula is C25H26N2O6. The summed E-state index contributed by atoms with van der Waals surface area (Å²) in [6.45, 7) is 2.16. The van der Waals surface area contributed by atoms with Gasteiger partial charge in [0, 0.05) is 25.8 Å². The molecule has 2 fully saturated rings. The van der Waals surface area contributed by atoms with Gasteiger partial charge in [-0.3, -0.25) is 9.59 Å². The van der Waals surface area contributed by atoms with E-state index in [0.29, 0.717) is 36.6 Å². The van der Waals surface area contributed by atoms with Gasteiger partial charge in [0.25, 0.3) is 11.7 Å². The number of fused-ring (bicyclic) bond motifs is 1. The summed E-state index contributed by atoms with van der Waals surface area (Å²) < 4.78 is 11.4. The van der Waals surface area contributed by atoms with Gasteiger partial charge in [-0.2, -0.15) is 0 Å². The molecule has 3 aliphatic rings. The molecular weight excluding hydrogens is 424 g/mol. The lowest BCUT2D eigenvalue weighted by Crippen LogP contribution is -2.36. The number of phenols is 1. The Labute approximate surface area is 191 Å². The minimum Gasteiger partial charge on any atom is -0.508 e. The van der Waals surface area contributed by atoms with Gasteiger partial charge in [0.1, 0.15) is 23.9 Å². The normalized spacial score (nSPS) is 24.2. The number of carbonyl (C=O) groups excluding carboxylic acids is 2. The van der Waals surface area contributed by atoms with E-state index in [9.17, 15) is 19.8 Å². The number of carbonyl (C=O) groups is 2. The van der Waals surface area contributed by atoms with Crippen LogP contribution in [0.3, 0.4) is 0 Å². The second-order valence-electron chi connectivity index (χ2n) is 8.63. The molecule has 172 valence electrons. The van der Waals surface area contributed by atoms with E-state index in [4.69, 9.17) is 9.47 Å². The summed E-state index contributed by atoms with van der Waals surface area (Å²) in [6, 6.07) is 10.8. The number of likely N-dealkylation sites (tertiary alicyclic amines) is 1. The van der Waals surface area contributed by atoms with Crippen LogP contribution in [0.4, 0.5) is 5.69 Å². The molecule has 0 radical (unpaired) electrons. The molecule has 2 aromatic rings. The molecule has 2 N–H and O–H groups in total. The molecule has 0 aromatic heterocycles. The largest absolute Gasteiger partial charge is 0.508 e. The minimum atomic E-state index is -0.778. The molecule has 33 heavy (non-hydrogen) atoms. The van der Waals surface area contributed by atoms with Crippen molar-refractivity contribution in [1.82, 2.24) is 4.90 Å². The van der Waals surface area contributed by atoms with Gasteiger partial charge >= 0.3 is 0 Å². The first kappa shape index (κ1) is 21.3. The second kappa shape index (κ2) is 8.44. The van der Waals surface area contributed by atoms with E-state index in [2.05, 4.69) is 0 Å². The molecule has 3 heterocycles. The van der Waals surface area contributed by atoms with Crippen LogP contribution in [0.5, 0.6) is 11.5 Å². The van der Waals surface area contributed by atoms with Crippen molar-refractivity contribution in [3.05, 3.63) is 59.2 Å². The van der Waals surface area contributed by atoms with Crippen LogP contribution in [0.25, 0.3) is 5.76 Å². The number of phenolic OH excluding ortho intramolecular Hbond substituents is 1. The van der Waals surface area contributed by atoms with Crippen LogP contribution in [0.15, 0.2) is 48.0 Å². The van der Waals surface area contributed by atoms with Gasteiger partial charge in [-0.15, -0.1) is 0 Å². The molecule has 2 saturated heterocycles. The number of Topliss-reactive ketones (excluding diaryl/α,β-unsaturated/α-hetero) is 1. The van der Waals surface area contributed by atoms with Crippen molar-refractivity contribution >= 4 is 23.1 Å². The third kappa shape index (κ3) is 3.80. The zero-order valence-electron chi connectivity index (χ0n) is 18.4. The summed E-state index contributed by atoms with van der Waals surface area (Å²) in [6.07, 6.45) is 1.56. The highest BCUT2D eigenvalue weighted by atomic mass is 16.5. The Morgan fingerprint density at radius 1 is 1.12 bits per heavy atom. The zero-order chi connectivity index (χ0) is 23.1. The van der Waals surface area contributed by atoms with Crippen LogP contribution < -0.4 is 9.64 Å². The standard InChI is InChI=1S/C25H26N2O6/c1-26-10-12-33-20-9-6-16(13-19(20)26)23(29)21-22(15-4-7-17(28)8-5-15)27(25(31)24(21)30)14-18-3-2-11-32-18/h4-9,13,18,22,28-29H,2-3,10-12,14H2,1H3/b23-21-. The zero-order valence-corrected chi connectivity index (χ0v) is 18.4. The summed E-state index contributed by atoms with van der Waals surface area (Å²) in [5.74, 6) is -0.848. The monoisotopic (exact) mass is 450 g/mol. The van der Waals surface area contributed by atoms with Crippen molar-refractivity contribution < 1.29 is 29.3 Å². The Hall–Kier alpha value is -3.52. The number of anilines is 1. The molecule has 0 spiro atoms. The summed E-state index contributed by atoms with van der Waals surface area (Å²) in [4.78, 5) is 29.7. The van der Waals surface area contributed by atoms with Crippen LogP contribution in [0.2, 0.25) is 0 Å². The summed E-state index contributed by atoms with van der Waals surface area (Å²) >= 11 is 0. The lowest BCUT2D eigenvalue weighted by molar-refractivity contribution is -0.140. The first-order valence-corrected chi connectivity index (χ1v) is 11.1. The van der Waals surface area contributed by atoms with Crippen LogP contribution in [-0.2, 0) is 14.3 Å². The first-order chi connectivity index (χ1) is 15.9. The van der Waals surface area contributed by atoms with Crippen LogP contribution >= 0.6 is 0 Å². The highest BCUT2D eigenvalue weighted by Crippen LogP contribution is 2.42. The van der Waals surface area contributed by atoms with E-state index in [1.165, 1.54) is 17.0 Å². The molecule has 8 nitrogen and oxygen atoms in total. The van der Waals surface area contributed by atoms with Crippen molar-refractivity contribution in [2.45, 2.75) is 25.0 Å². The lowest BCUT2D eigenvalue weighted by atomic mass is 9.94. The fourth-order valence-corrected chi connectivity index (χ4v) is 4.73. The molecule has 3 aliphatic heterocycles. The molecule has 0 saturated carbocycles. The lowest BCUT2D eigenvalue weighted by Gasteiger charge is -2.29. The van der Waals surface area contributed by atoms with E-state index in [0.717, 1.165) is 18.5 Å². The average Bonchev–Trinajstić information content (AvgIpc) is 3.42. The summed E-state index contributed by atoms with van der Waals surface area (Å²) in [5.41, 5.74) is 1.90.